The van der Waals surface area contributed by atoms with Gasteiger partial charge in [0.15, 0.2) is 9.84 Å². The zero-order chi connectivity index (χ0) is 19.5. The molecule has 1 unspecified atom stereocenters. The molecule has 1 aromatic rings. The van der Waals surface area contributed by atoms with Gasteiger partial charge in [0.1, 0.15) is 13.1 Å². The Bertz CT molecular complexity index is 775. The molecule has 1 aromatic heterocycles. The fourth-order valence-electron chi connectivity index (χ4n) is 2.54. The van der Waals surface area contributed by atoms with Crippen molar-refractivity contribution in [3.05, 3.63) is 18.0 Å². The van der Waals surface area contributed by atoms with Crippen molar-refractivity contribution in [2.24, 2.45) is 0 Å². The summed E-state index contributed by atoms with van der Waals surface area (Å²) in [5, 5.41) is 4.39. The van der Waals surface area contributed by atoms with Crippen LogP contribution >= 0.6 is 0 Å². The number of nitrogens with zero attached hydrogens (tertiary/aromatic N) is 3. The first-order valence-electron chi connectivity index (χ1n) is 7.78. The molecular weight excluding hydrogens is 377 g/mol. The maximum Gasteiger partial charge on any atom is 0.405 e. The van der Waals surface area contributed by atoms with Crippen LogP contribution in [0.2, 0.25) is 0 Å². The number of rotatable bonds is 5. The summed E-state index contributed by atoms with van der Waals surface area (Å²) >= 11 is 0. The third-order valence-electron chi connectivity index (χ3n) is 3.89. The van der Waals surface area contributed by atoms with Crippen LogP contribution in [0, 0.1) is 6.92 Å². The van der Waals surface area contributed by atoms with E-state index in [9.17, 15) is 31.2 Å². The van der Waals surface area contributed by atoms with Crippen molar-refractivity contribution >= 4 is 21.7 Å². The maximum atomic E-state index is 12.3. The van der Waals surface area contributed by atoms with Crippen LogP contribution in [0.25, 0.3) is 0 Å². The zero-order valence-electron chi connectivity index (χ0n) is 14.0. The molecule has 2 heterocycles. The van der Waals surface area contributed by atoms with Crippen molar-refractivity contribution in [3.8, 4) is 0 Å². The van der Waals surface area contributed by atoms with E-state index in [2.05, 4.69) is 5.10 Å². The Morgan fingerprint density at radius 1 is 1.38 bits per heavy atom. The van der Waals surface area contributed by atoms with Crippen LogP contribution in [-0.4, -0.2) is 71.7 Å². The van der Waals surface area contributed by atoms with Gasteiger partial charge in [-0.05, 0) is 12.5 Å². The number of halogens is 3. The summed E-state index contributed by atoms with van der Waals surface area (Å²) in [6.45, 7) is -0.0687. The molecule has 1 N–H and O–H groups in total. The van der Waals surface area contributed by atoms with Gasteiger partial charge in [-0.15, -0.1) is 0 Å². The van der Waals surface area contributed by atoms with E-state index in [1.165, 1.54) is 9.58 Å². The Kier molecular flexibility index (Phi) is 5.94. The zero-order valence-corrected chi connectivity index (χ0v) is 14.8. The Morgan fingerprint density at radius 2 is 2.08 bits per heavy atom. The quantitative estimate of drug-likeness (QED) is 0.748. The fourth-order valence-corrected chi connectivity index (χ4v) is 4.16. The number of aromatic nitrogens is 2. The summed E-state index contributed by atoms with van der Waals surface area (Å²) in [7, 11) is -3.67. The average Bonchev–Trinajstić information content (AvgIpc) is 2.91. The minimum atomic E-state index is -4.58. The molecule has 1 aliphatic heterocycles. The van der Waals surface area contributed by atoms with Crippen LogP contribution in [0.1, 0.15) is 12.0 Å². The first-order valence-corrected chi connectivity index (χ1v) is 9.50. The fraction of sp³-hybridized carbons (Fsp3) is 0.643. The number of sulfone groups is 1. The molecule has 146 valence electrons. The monoisotopic (exact) mass is 396 g/mol. The highest BCUT2D eigenvalue weighted by Gasteiger charge is 2.37. The van der Waals surface area contributed by atoms with E-state index in [-0.39, 0.29) is 31.3 Å². The number of aryl methyl sites for hydroxylation is 1. The molecule has 12 heteroatoms. The molecule has 1 saturated heterocycles. The van der Waals surface area contributed by atoms with Gasteiger partial charge < -0.3 is 10.2 Å². The minimum absolute atomic E-state index is 0.0257. The Hall–Kier alpha value is -2.11. The van der Waals surface area contributed by atoms with E-state index in [4.69, 9.17) is 0 Å². The van der Waals surface area contributed by atoms with Crippen molar-refractivity contribution < 1.29 is 31.2 Å². The molecule has 1 atom stereocenters. The summed E-state index contributed by atoms with van der Waals surface area (Å²) in [6.07, 6.45) is -1.98. The summed E-state index contributed by atoms with van der Waals surface area (Å²) in [5.74, 6) is -1.73. The minimum Gasteiger partial charge on any atom is -0.347 e. The van der Waals surface area contributed by atoms with Crippen molar-refractivity contribution in [3.63, 3.8) is 0 Å². The standard InChI is InChI=1S/C14H19F3N4O4S/c1-10-5-19-21(6-10)8-13(23)20-2-3-26(24,25)11(7-20)4-12(22)18-9-14(15,16)17/h5-6,11H,2-4,7-9H2,1H3,(H,18,22). The van der Waals surface area contributed by atoms with Crippen molar-refractivity contribution in [1.29, 1.82) is 0 Å². The van der Waals surface area contributed by atoms with Crippen molar-refractivity contribution in [2.75, 3.05) is 25.4 Å². The molecule has 2 amide bonds. The van der Waals surface area contributed by atoms with Crippen LogP contribution in [-0.2, 0) is 26.0 Å². The average molecular weight is 396 g/mol. The molecule has 0 aliphatic carbocycles. The molecule has 1 aliphatic rings. The number of nitrogens with one attached hydrogen (secondary N) is 1. The van der Waals surface area contributed by atoms with Crippen LogP contribution in [0.3, 0.4) is 0 Å². The lowest BCUT2D eigenvalue weighted by atomic mass is 10.2. The molecule has 0 saturated carbocycles. The van der Waals surface area contributed by atoms with Crippen molar-refractivity contribution in [1.82, 2.24) is 20.0 Å². The number of carbonyl (C=O) groups is 2. The van der Waals surface area contributed by atoms with Gasteiger partial charge in [0.05, 0.1) is 17.2 Å². The van der Waals surface area contributed by atoms with Crippen LogP contribution < -0.4 is 5.32 Å². The topological polar surface area (TPSA) is 101 Å². The van der Waals surface area contributed by atoms with E-state index in [1.807, 2.05) is 0 Å². The highest BCUT2D eigenvalue weighted by Crippen LogP contribution is 2.17. The van der Waals surface area contributed by atoms with Crippen LogP contribution in [0.4, 0.5) is 13.2 Å². The van der Waals surface area contributed by atoms with Gasteiger partial charge in [-0.25, -0.2) is 8.42 Å². The van der Waals surface area contributed by atoms with Gasteiger partial charge in [0.2, 0.25) is 11.8 Å². The normalized spacial score (nSPS) is 20.0. The van der Waals surface area contributed by atoms with Crippen LogP contribution in [0.15, 0.2) is 12.4 Å². The molecule has 0 bridgehead atoms. The number of amides is 2. The van der Waals surface area contributed by atoms with Gasteiger partial charge >= 0.3 is 6.18 Å². The summed E-state index contributed by atoms with van der Waals surface area (Å²) in [6, 6.07) is 0. The third kappa shape index (κ3) is 5.71. The number of hydrogen-bond donors (Lipinski definition) is 1. The van der Waals surface area contributed by atoms with Crippen LogP contribution in [0.5, 0.6) is 0 Å². The lowest BCUT2D eigenvalue weighted by molar-refractivity contribution is -0.138. The summed E-state index contributed by atoms with van der Waals surface area (Å²) in [4.78, 5) is 25.2. The first kappa shape index (κ1) is 20.2. The van der Waals surface area contributed by atoms with E-state index in [0.717, 1.165) is 5.56 Å². The maximum absolute atomic E-state index is 12.3. The lowest BCUT2D eigenvalue weighted by Gasteiger charge is -2.32. The smallest absolute Gasteiger partial charge is 0.347 e. The number of alkyl halides is 3. The Balaban J connectivity index is 1.97. The Labute approximate surface area is 148 Å². The number of carbonyl (C=O) groups excluding carboxylic acids is 2. The van der Waals surface area contributed by atoms with Gasteiger partial charge in [0, 0.05) is 25.7 Å². The molecule has 0 aromatic carbocycles. The van der Waals surface area contributed by atoms with Gasteiger partial charge in [0.25, 0.3) is 0 Å². The summed E-state index contributed by atoms with van der Waals surface area (Å²) < 4.78 is 62.0. The lowest BCUT2D eigenvalue weighted by Crippen LogP contribution is -2.51. The molecule has 0 radical (unpaired) electrons. The largest absolute Gasteiger partial charge is 0.405 e. The predicted octanol–water partition coefficient (Wildman–Crippen LogP) is -0.114. The van der Waals surface area contributed by atoms with E-state index < -0.39 is 40.1 Å². The van der Waals surface area contributed by atoms with Crippen molar-refractivity contribution in [2.45, 2.75) is 31.3 Å². The van der Waals surface area contributed by atoms with Gasteiger partial charge in [-0.2, -0.15) is 18.3 Å². The second-order valence-corrected chi connectivity index (χ2v) is 8.54. The van der Waals surface area contributed by atoms with E-state index in [0.29, 0.717) is 0 Å². The van der Waals surface area contributed by atoms with Gasteiger partial charge in [-0.3, -0.25) is 14.3 Å². The second kappa shape index (κ2) is 7.64. The molecule has 0 spiro atoms. The Morgan fingerprint density at radius 3 is 2.65 bits per heavy atom. The molecule has 26 heavy (non-hydrogen) atoms. The van der Waals surface area contributed by atoms with E-state index in [1.54, 1.807) is 24.6 Å². The second-order valence-electron chi connectivity index (χ2n) is 6.14. The highest BCUT2D eigenvalue weighted by molar-refractivity contribution is 7.92. The predicted molar refractivity (Wildman–Crippen MR) is 84.8 cm³/mol. The molecule has 2 rings (SSSR count). The molecular formula is C14H19F3N4O4S. The summed E-state index contributed by atoms with van der Waals surface area (Å²) in [5.41, 5.74) is 0.859. The molecule has 1 fully saturated rings. The van der Waals surface area contributed by atoms with Gasteiger partial charge in [-0.1, -0.05) is 0 Å². The van der Waals surface area contributed by atoms with E-state index >= 15 is 0 Å². The SMILES string of the molecule is Cc1cnn(CC(=O)N2CCS(=O)(=O)C(CC(=O)NCC(F)(F)F)C2)c1. The molecule has 8 nitrogen and oxygen atoms in total. The third-order valence-corrected chi connectivity index (χ3v) is 5.97. The highest BCUT2D eigenvalue weighted by atomic mass is 32.2. The number of hydrogen-bond acceptors (Lipinski definition) is 5. The first-order chi connectivity index (χ1) is 12.0.